The molecule has 1 heterocycles. The lowest BCUT2D eigenvalue weighted by atomic mass is 10.1. The van der Waals surface area contributed by atoms with E-state index in [0.29, 0.717) is 12.8 Å². The van der Waals surface area contributed by atoms with E-state index in [1.165, 1.54) is 0 Å². The molecule has 0 saturated carbocycles. The second-order valence-corrected chi connectivity index (χ2v) is 6.09. The van der Waals surface area contributed by atoms with E-state index in [0.717, 1.165) is 22.8 Å². The van der Waals surface area contributed by atoms with E-state index in [4.69, 9.17) is 4.74 Å². The monoisotopic (exact) mass is 346 g/mol. The van der Waals surface area contributed by atoms with Crippen LogP contribution in [0.2, 0.25) is 0 Å². The van der Waals surface area contributed by atoms with Gasteiger partial charge in [-0.3, -0.25) is 9.78 Å². The Morgan fingerprint density at radius 2 is 1.65 bits per heavy atom. The minimum atomic E-state index is -0.0583. The Morgan fingerprint density at radius 1 is 0.962 bits per heavy atom. The number of hydrogen-bond donors (Lipinski definition) is 1. The van der Waals surface area contributed by atoms with Crippen molar-refractivity contribution in [2.45, 2.75) is 25.8 Å². The second-order valence-electron chi connectivity index (χ2n) is 6.09. The Labute approximate surface area is 153 Å². The highest BCUT2D eigenvalue weighted by atomic mass is 16.5. The number of benzene rings is 2. The Morgan fingerprint density at radius 3 is 2.35 bits per heavy atom. The second kappa shape index (κ2) is 8.81. The zero-order valence-corrected chi connectivity index (χ0v) is 14.8. The van der Waals surface area contributed by atoms with Crippen LogP contribution in [0.3, 0.4) is 0 Å². The highest BCUT2D eigenvalue weighted by molar-refractivity contribution is 5.76. The van der Waals surface area contributed by atoms with Crippen molar-refractivity contribution in [3.63, 3.8) is 0 Å². The van der Waals surface area contributed by atoms with E-state index in [1.807, 2.05) is 79.7 Å². The van der Waals surface area contributed by atoms with Crippen LogP contribution in [-0.4, -0.2) is 10.9 Å². The number of pyridine rings is 1. The SMILES string of the molecule is CC(NC(=O)CCc1ccccn1)c1ccc(Oc2ccccc2)cc1. The number of carbonyl (C=O) groups excluding carboxylic acids is 1. The van der Waals surface area contributed by atoms with Gasteiger partial charge >= 0.3 is 0 Å². The smallest absolute Gasteiger partial charge is 0.220 e. The van der Waals surface area contributed by atoms with Gasteiger partial charge in [0, 0.05) is 18.3 Å². The molecule has 1 N–H and O–H groups in total. The van der Waals surface area contributed by atoms with Crippen LogP contribution in [0.15, 0.2) is 79.0 Å². The lowest BCUT2D eigenvalue weighted by Crippen LogP contribution is -2.26. The van der Waals surface area contributed by atoms with Crippen LogP contribution in [-0.2, 0) is 11.2 Å². The molecule has 1 aromatic heterocycles. The maximum Gasteiger partial charge on any atom is 0.220 e. The third kappa shape index (κ3) is 5.18. The molecule has 0 saturated heterocycles. The molecule has 4 nitrogen and oxygen atoms in total. The van der Waals surface area contributed by atoms with E-state index >= 15 is 0 Å². The molecule has 0 fully saturated rings. The van der Waals surface area contributed by atoms with Gasteiger partial charge in [-0.1, -0.05) is 36.4 Å². The molecular weight excluding hydrogens is 324 g/mol. The molecule has 3 aromatic rings. The molecule has 1 atom stereocenters. The van der Waals surface area contributed by atoms with Crippen LogP contribution in [0.5, 0.6) is 11.5 Å². The van der Waals surface area contributed by atoms with Crippen molar-refractivity contribution in [1.29, 1.82) is 0 Å². The van der Waals surface area contributed by atoms with E-state index in [2.05, 4.69) is 10.3 Å². The molecule has 0 radical (unpaired) electrons. The molecule has 132 valence electrons. The van der Waals surface area contributed by atoms with Gasteiger partial charge in [-0.15, -0.1) is 0 Å². The predicted octanol–water partition coefficient (Wildman–Crippen LogP) is 4.68. The summed E-state index contributed by atoms with van der Waals surface area (Å²) in [6, 6.07) is 23.1. The molecule has 0 spiro atoms. The number of para-hydroxylation sites is 1. The molecule has 0 aliphatic heterocycles. The van der Waals surface area contributed by atoms with Gasteiger partial charge in [-0.2, -0.15) is 0 Å². The Bertz CT molecular complexity index is 818. The Hall–Kier alpha value is -3.14. The van der Waals surface area contributed by atoms with Crippen LogP contribution in [0.1, 0.15) is 30.6 Å². The number of aromatic nitrogens is 1. The highest BCUT2D eigenvalue weighted by Crippen LogP contribution is 2.23. The lowest BCUT2D eigenvalue weighted by molar-refractivity contribution is -0.121. The van der Waals surface area contributed by atoms with Gasteiger partial charge in [-0.25, -0.2) is 0 Å². The number of nitrogens with zero attached hydrogens (tertiary/aromatic N) is 1. The third-order valence-corrected chi connectivity index (χ3v) is 4.07. The molecule has 26 heavy (non-hydrogen) atoms. The first-order valence-electron chi connectivity index (χ1n) is 8.73. The topological polar surface area (TPSA) is 51.2 Å². The number of hydrogen-bond acceptors (Lipinski definition) is 3. The summed E-state index contributed by atoms with van der Waals surface area (Å²) >= 11 is 0. The van der Waals surface area contributed by atoms with E-state index in [9.17, 15) is 4.79 Å². The van der Waals surface area contributed by atoms with Crippen molar-refractivity contribution < 1.29 is 9.53 Å². The normalized spacial score (nSPS) is 11.6. The quantitative estimate of drug-likeness (QED) is 0.675. The van der Waals surface area contributed by atoms with Crippen LogP contribution in [0.4, 0.5) is 0 Å². The zero-order chi connectivity index (χ0) is 18.2. The van der Waals surface area contributed by atoms with Crippen molar-refractivity contribution in [2.75, 3.05) is 0 Å². The number of aryl methyl sites for hydroxylation is 1. The molecule has 0 aliphatic carbocycles. The summed E-state index contributed by atoms with van der Waals surface area (Å²) in [6.45, 7) is 1.98. The molecule has 0 aliphatic rings. The minimum absolute atomic E-state index is 0.0211. The number of amides is 1. The van der Waals surface area contributed by atoms with Crippen molar-refractivity contribution in [3.05, 3.63) is 90.3 Å². The number of carbonyl (C=O) groups is 1. The van der Waals surface area contributed by atoms with Gasteiger partial charge in [0.2, 0.25) is 5.91 Å². The number of rotatable bonds is 7. The fourth-order valence-electron chi connectivity index (χ4n) is 2.63. The third-order valence-electron chi connectivity index (χ3n) is 4.07. The largest absolute Gasteiger partial charge is 0.457 e. The first-order valence-corrected chi connectivity index (χ1v) is 8.73. The average Bonchev–Trinajstić information content (AvgIpc) is 2.68. The Balaban J connectivity index is 1.51. The molecule has 0 bridgehead atoms. The van der Waals surface area contributed by atoms with Crippen molar-refractivity contribution in [3.8, 4) is 11.5 Å². The summed E-state index contributed by atoms with van der Waals surface area (Å²) in [5.41, 5.74) is 1.97. The standard InChI is InChI=1S/C22H22N2O2/c1-17(24-22(25)15-12-19-7-5-6-16-23-19)18-10-13-21(14-11-18)26-20-8-3-2-4-9-20/h2-11,13-14,16-17H,12,15H2,1H3,(H,24,25). The zero-order valence-electron chi connectivity index (χ0n) is 14.8. The fourth-order valence-corrected chi connectivity index (χ4v) is 2.63. The molecule has 2 aromatic carbocycles. The summed E-state index contributed by atoms with van der Waals surface area (Å²) in [7, 11) is 0. The minimum Gasteiger partial charge on any atom is -0.457 e. The van der Waals surface area contributed by atoms with Crippen LogP contribution in [0, 0.1) is 0 Å². The first-order chi connectivity index (χ1) is 12.7. The molecule has 4 heteroatoms. The highest BCUT2D eigenvalue weighted by Gasteiger charge is 2.10. The van der Waals surface area contributed by atoms with E-state index in [-0.39, 0.29) is 11.9 Å². The van der Waals surface area contributed by atoms with Crippen molar-refractivity contribution in [2.24, 2.45) is 0 Å². The molecule has 1 amide bonds. The van der Waals surface area contributed by atoms with Crippen molar-refractivity contribution >= 4 is 5.91 Å². The summed E-state index contributed by atoms with van der Waals surface area (Å²) in [5, 5.41) is 3.03. The maximum absolute atomic E-state index is 12.1. The van der Waals surface area contributed by atoms with Gasteiger partial charge < -0.3 is 10.1 Å². The van der Waals surface area contributed by atoms with E-state index < -0.39 is 0 Å². The van der Waals surface area contributed by atoms with Gasteiger partial charge in [0.05, 0.1) is 6.04 Å². The van der Waals surface area contributed by atoms with Crippen LogP contribution >= 0.6 is 0 Å². The van der Waals surface area contributed by atoms with Crippen LogP contribution in [0.25, 0.3) is 0 Å². The Kier molecular flexibility index (Phi) is 5.99. The number of ether oxygens (including phenoxy) is 1. The van der Waals surface area contributed by atoms with Crippen molar-refractivity contribution in [1.82, 2.24) is 10.3 Å². The summed E-state index contributed by atoms with van der Waals surface area (Å²) in [6.07, 6.45) is 2.81. The molecule has 1 unspecified atom stereocenters. The van der Waals surface area contributed by atoms with Crippen LogP contribution < -0.4 is 10.1 Å². The molecule has 3 rings (SSSR count). The molecular formula is C22H22N2O2. The fraction of sp³-hybridized carbons (Fsp3) is 0.182. The summed E-state index contributed by atoms with van der Waals surface area (Å²) in [4.78, 5) is 16.4. The predicted molar refractivity (Wildman–Crippen MR) is 102 cm³/mol. The summed E-state index contributed by atoms with van der Waals surface area (Å²) in [5.74, 6) is 1.59. The van der Waals surface area contributed by atoms with Gasteiger partial charge in [0.15, 0.2) is 0 Å². The maximum atomic E-state index is 12.1. The van der Waals surface area contributed by atoms with Gasteiger partial charge in [0.1, 0.15) is 11.5 Å². The van der Waals surface area contributed by atoms with Gasteiger partial charge in [-0.05, 0) is 55.3 Å². The average molecular weight is 346 g/mol. The summed E-state index contributed by atoms with van der Waals surface area (Å²) < 4.78 is 5.79. The first kappa shape index (κ1) is 17.7. The number of nitrogens with one attached hydrogen (secondary N) is 1. The lowest BCUT2D eigenvalue weighted by Gasteiger charge is -2.15. The van der Waals surface area contributed by atoms with E-state index in [1.54, 1.807) is 6.20 Å². The van der Waals surface area contributed by atoms with Gasteiger partial charge in [0.25, 0.3) is 0 Å².